The molecule has 1 aliphatic heterocycles. The van der Waals surface area contributed by atoms with Crippen LogP contribution in [-0.4, -0.2) is 25.9 Å². The molecule has 0 aliphatic carbocycles. The standard InChI is InChI=1S/C27H18F4N4O4S/c1-12-3-5-16(7-13(12)2)35-19-11-15(27(29,30)31)10-17(28)22(19)23(25(35)38)34-33-18-6-4-14(8-20(18)36)9-21-24(37)32-26(39)40-21/h3-11,36,38H,1-2H3,(H,32,37,39). The average molecular weight is 571 g/mol. The molecule has 40 heavy (non-hydrogen) atoms. The van der Waals surface area contributed by atoms with Crippen LogP contribution in [0.1, 0.15) is 22.3 Å². The van der Waals surface area contributed by atoms with Crippen molar-refractivity contribution in [2.24, 2.45) is 10.2 Å². The van der Waals surface area contributed by atoms with Crippen molar-refractivity contribution in [3.8, 4) is 17.3 Å². The lowest BCUT2D eigenvalue weighted by atomic mass is 10.1. The summed E-state index contributed by atoms with van der Waals surface area (Å²) in [6.45, 7) is 3.62. The normalized spacial score (nSPS) is 15.1. The molecule has 2 heterocycles. The van der Waals surface area contributed by atoms with E-state index >= 15 is 4.39 Å². The van der Waals surface area contributed by atoms with Crippen LogP contribution in [-0.2, 0) is 11.0 Å². The van der Waals surface area contributed by atoms with Crippen LogP contribution in [0, 0.1) is 19.7 Å². The Labute approximate surface area is 227 Å². The van der Waals surface area contributed by atoms with Gasteiger partial charge in [0.15, 0.2) is 5.69 Å². The van der Waals surface area contributed by atoms with Crippen molar-refractivity contribution in [2.45, 2.75) is 20.0 Å². The number of hydrogen-bond donors (Lipinski definition) is 3. The van der Waals surface area contributed by atoms with Crippen molar-refractivity contribution in [1.29, 1.82) is 0 Å². The highest BCUT2D eigenvalue weighted by atomic mass is 32.2. The van der Waals surface area contributed by atoms with E-state index in [2.05, 4.69) is 15.5 Å². The van der Waals surface area contributed by atoms with Crippen LogP contribution in [0.3, 0.4) is 0 Å². The quantitative estimate of drug-likeness (QED) is 0.133. The second-order valence-corrected chi connectivity index (χ2v) is 9.94. The first-order chi connectivity index (χ1) is 18.8. The Kier molecular flexibility index (Phi) is 6.62. The van der Waals surface area contributed by atoms with E-state index in [1.807, 2.05) is 6.92 Å². The smallest absolute Gasteiger partial charge is 0.416 e. The Bertz CT molecular complexity index is 1790. The fourth-order valence-corrected chi connectivity index (χ4v) is 4.79. The molecule has 0 spiro atoms. The number of benzene rings is 3. The van der Waals surface area contributed by atoms with Gasteiger partial charge in [-0.05, 0) is 84.8 Å². The zero-order chi connectivity index (χ0) is 28.9. The lowest BCUT2D eigenvalue weighted by Crippen LogP contribution is -2.17. The Balaban J connectivity index is 1.62. The van der Waals surface area contributed by atoms with Crippen molar-refractivity contribution in [1.82, 2.24) is 9.88 Å². The number of hydrogen-bond acceptors (Lipinski definition) is 7. The van der Waals surface area contributed by atoms with E-state index in [1.165, 1.54) is 24.3 Å². The predicted octanol–water partition coefficient (Wildman–Crippen LogP) is 7.56. The number of phenols is 1. The van der Waals surface area contributed by atoms with Gasteiger partial charge in [-0.2, -0.15) is 13.2 Å². The summed E-state index contributed by atoms with van der Waals surface area (Å²) in [4.78, 5) is 23.2. The monoisotopic (exact) mass is 570 g/mol. The third-order valence-corrected chi connectivity index (χ3v) is 7.05. The highest BCUT2D eigenvalue weighted by Gasteiger charge is 2.34. The van der Waals surface area contributed by atoms with Crippen LogP contribution < -0.4 is 5.32 Å². The summed E-state index contributed by atoms with van der Waals surface area (Å²) in [7, 11) is 0. The molecule has 0 bridgehead atoms. The zero-order valence-corrected chi connectivity index (χ0v) is 21.5. The largest absolute Gasteiger partial charge is 0.506 e. The number of nitrogens with one attached hydrogen (secondary N) is 1. The maximum Gasteiger partial charge on any atom is 0.416 e. The molecule has 0 atom stereocenters. The van der Waals surface area contributed by atoms with Gasteiger partial charge in [-0.3, -0.25) is 19.5 Å². The number of fused-ring (bicyclic) bond motifs is 1. The lowest BCUT2D eigenvalue weighted by Gasteiger charge is -2.11. The highest BCUT2D eigenvalue weighted by molar-refractivity contribution is 8.18. The van der Waals surface area contributed by atoms with Crippen LogP contribution in [0.2, 0.25) is 0 Å². The van der Waals surface area contributed by atoms with Gasteiger partial charge in [-0.25, -0.2) is 4.39 Å². The van der Waals surface area contributed by atoms with Gasteiger partial charge < -0.3 is 10.2 Å². The van der Waals surface area contributed by atoms with Gasteiger partial charge in [0.05, 0.1) is 21.4 Å². The number of amides is 2. The first-order valence-corrected chi connectivity index (χ1v) is 12.4. The van der Waals surface area contributed by atoms with E-state index in [9.17, 15) is 33.0 Å². The predicted molar refractivity (Wildman–Crippen MR) is 141 cm³/mol. The van der Waals surface area contributed by atoms with Gasteiger partial charge in [-0.15, -0.1) is 10.2 Å². The summed E-state index contributed by atoms with van der Waals surface area (Å²) in [6, 6.07) is 9.96. The van der Waals surface area contributed by atoms with Crippen LogP contribution >= 0.6 is 11.8 Å². The van der Waals surface area contributed by atoms with Crippen molar-refractivity contribution >= 4 is 51.3 Å². The fourth-order valence-electron chi connectivity index (χ4n) is 4.11. The first-order valence-electron chi connectivity index (χ1n) is 11.5. The van der Waals surface area contributed by atoms with Crippen molar-refractivity contribution in [3.05, 3.63) is 81.5 Å². The maximum atomic E-state index is 15.2. The van der Waals surface area contributed by atoms with E-state index in [4.69, 9.17) is 0 Å². The van der Waals surface area contributed by atoms with Crippen molar-refractivity contribution < 1.29 is 37.4 Å². The Hall–Kier alpha value is -4.65. The van der Waals surface area contributed by atoms with Crippen molar-refractivity contribution in [3.63, 3.8) is 0 Å². The second-order valence-electron chi connectivity index (χ2n) is 8.93. The van der Waals surface area contributed by atoms with E-state index in [-0.39, 0.29) is 21.8 Å². The summed E-state index contributed by atoms with van der Waals surface area (Å²) in [5.74, 6) is -2.91. The summed E-state index contributed by atoms with van der Waals surface area (Å²) < 4.78 is 56.8. The first kappa shape index (κ1) is 26.9. The van der Waals surface area contributed by atoms with Crippen LogP contribution in [0.15, 0.2) is 63.7 Å². The molecule has 3 N–H and O–H groups in total. The topological polar surface area (TPSA) is 116 Å². The Morgan fingerprint density at radius 3 is 2.35 bits per heavy atom. The molecular formula is C27H18F4N4O4S. The van der Waals surface area contributed by atoms with E-state index in [1.54, 1.807) is 25.1 Å². The number of thioether (sulfide) groups is 1. The number of azo groups is 1. The fraction of sp³-hybridized carbons (Fsp3) is 0.111. The summed E-state index contributed by atoms with van der Waals surface area (Å²) in [5.41, 5.74) is 0.240. The minimum atomic E-state index is -4.85. The summed E-state index contributed by atoms with van der Waals surface area (Å²) in [6.07, 6.45) is -3.47. The Morgan fingerprint density at radius 2 is 1.73 bits per heavy atom. The number of carbonyl (C=O) groups excluding carboxylic acids is 2. The Morgan fingerprint density at radius 1 is 0.975 bits per heavy atom. The second kappa shape index (κ2) is 9.83. The van der Waals surface area contributed by atoms with Gasteiger partial charge >= 0.3 is 6.18 Å². The molecule has 2 amide bonds. The molecular weight excluding hydrogens is 552 g/mol. The molecule has 0 radical (unpaired) electrons. The molecule has 0 saturated carbocycles. The minimum absolute atomic E-state index is 0.111. The zero-order valence-electron chi connectivity index (χ0n) is 20.7. The number of aromatic hydroxyl groups is 2. The summed E-state index contributed by atoms with van der Waals surface area (Å²) >= 11 is 0.696. The molecule has 8 nitrogen and oxygen atoms in total. The van der Waals surface area contributed by atoms with Gasteiger partial charge in [0.2, 0.25) is 5.88 Å². The lowest BCUT2D eigenvalue weighted by molar-refractivity contribution is -0.137. The van der Waals surface area contributed by atoms with Crippen LogP contribution in [0.5, 0.6) is 11.6 Å². The highest BCUT2D eigenvalue weighted by Crippen LogP contribution is 2.45. The number of alkyl halides is 3. The van der Waals surface area contributed by atoms with E-state index < -0.39 is 51.4 Å². The molecule has 5 rings (SSSR count). The van der Waals surface area contributed by atoms with Crippen LogP contribution in [0.25, 0.3) is 22.7 Å². The molecule has 1 fully saturated rings. The number of nitrogens with zero attached hydrogens (tertiary/aromatic N) is 3. The molecule has 1 aliphatic rings. The number of rotatable bonds is 4. The number of halogens is 4. The molecule has 3 aromatic carbocycles. The number of aryl methyl sites for hydroxylation is 2. The SMILES string of the molecule is Cc1ccc(-n2c(O)c(N=Nc3ccc(C=C4SC(=O)NC4=O)cc3O)c3c(F)cc(C(F)(F)F)cc32)cc1C. The van der Waals surface area contributed by atoms with Crippen molar-refractivity contribution in [2.75, 3.05) is 0 Å². The maximum absolute atomic E-state index is 15.2. The minimum Gasteiger partial charge on any atom is -0.506 e. The number of phenolic OH excluding ortho intramolecular Hbond substituents is 1. The molecule has 0 unspecified atom stereocenters. The third kappa shape index (κ3) is 4.91. The van der Waals surface area contributed by atoms with E-state index in [0.717, 1.165) is 15.7 Å². The van der Waals surface area contributed by atoms with Gasteiger partial charge in [0.1, 0.15) is 17.3 Å². The number of imide groups is 1. The molecule has 1 aromatic heterocycles. The van der Waals surface area contributed by atoms with Gasteiger partial charge in [0, 0.05) is 5.69 Å². The molecule has 4 aromatic rings. The van der Waals surface area contributed by atoms with Crippen LogP contribution in [0.4, 0.5) is 33.7 Å². The third-order valence-electron chi connectivity index (χ3n) is 6.24. The van der Waals surface area contributed by atoms with Gasteiger partial charge in [-0.1, -0.05) is 12.1 Å². The molecule has 204 valence electrons. The van der Waals surface area contributed by atoms with Gasteiger partial charge in [0.25, 0.3) is 11.1 Å². The number of aromatic nitrogens is 1. The summed E-state index contributed by atoms with van der Waals surface area (Å²) in [5, 5.41) is 30.5. The molecule has 13 heteroatoms. The number of carbonyl (C=O) groups is 2. The average Bonchev–Trinajstić information content (AvgIpc) is 3.34. The molecule has 1 saturated heterocycles. The van der Waals surface area contributed by atoms with E-state index in [0.29, 0.717) is 29.5 Å².